The molecular formula is C18H19ClN2O. The van der Waals surface area contributed by atoms with E-state index in [1.165, 1.54) is 5.69 Å². The van der Waals surface area contributed by atoms with Crippen LogP contribution in [0.5, 0.6) is 0 Å². The van der Waals surface area contributed by atoms with Crippen LogP contribution < -0.4 is 9.80 Å². The number of ketones is 1. The number of anilines is 2. The van der Waals surface area contributed by atoms with Gasteiger partial charge < -0.3 is 9.80 Å². The van der Waals surface area contributed by atoms with E-state index in [9.17, 15) is 4.79 Å². The number of hydrogen-bond acceptors (Lipinski definition) is 3. The van der Waals surface area contributed by atoms with Crippen LogP contribution in [-0.4, -0.2) is 32.0 Å². The predicted octanol–water partition coefficient (Wildman–Crippen LogP) is 3.87. The van der Waals surface area contributed by atoms with Crippen LogP contribution in [0.2, 0.25) is 5.02 Å². The molecule has 0 N–H and O–H groups in total. The Balaban J connectivity index is 1.74. The van der Waals surface area contributed by atoms with Gasteiger partial charge in [-0.1, -0.05) is 29.8 Å². The van der Waals surface area contributed by atoms with Crippen molar-refractivity contribution >= 4 is 28.8 Å². The average Bonchev–Trinajstić information content (AvgIpc) is 2.56. The zero-order chi connectivity index (χ0) is 15.5. The Morgan fingerprint density at radius 3 is 2.23 bits per heavy atom. The van der Waals surface area contributed by atoms with Crippen molar-refractivity contribution in [2.24, 2.45) is 0 Å². The van der Waals surface area contributed by atoms with Crippen molar-refractivity contribution in [3.05, 3.63) is 59.1 Å². The summed E-state index contributed by atoms with van der Waals surface area (Å²) in [4.78, 5) is 16.2. The second-order valence-corrected chi connectivity index (χ2v) is 5.94. The fourth-order valence-electron chi connectivity index (χ4n) is 2.82. The molecule has 3 rings (SSSR count). The van der Waals surface area contributed by atoms with Gasteiger partial charge in [-0.2, -0.15) is 0 Å². The van der Waals surface area contributed by atoms with E-state index in [1.54, 1.807) is 13.0 Å². The van der Waals surface area contributed by atoms with Gasteiger partial charge in [-0.05, 0) is 37.3 Å². The molecule has 2 aromatic rings. The van der Waals surface area contributed by atoms with Crippen molar-refractivity contribution in [1.29, 1.82) is 0 Å². The number of Topliss-reactive ketones (excluding diaryl/α,β-unsaturated/α-hetero) is 1. The molecule has 1 aliphatic heterocycles. The molecule has 22 heavy (non-hydrogen) atoms. The van der Waals surface area contributed by atoms with Gasteiger partial charge in [0, 0.05) is 37.4 Å². The van der Waals surface area contributed by atoms with Crippen LogP contribution in [-0.2, 0) is 0 Å². The molecule has 4 heteroatoms. The normalized spacial score (nSPS) is 15.0. The maximum Gasteiger partial charge on any atom is 0.159 e. The molecule has 0 aromatic heterocycles. The summed E-state index contributed by atoms with van der Waals surface area (Å²) in [5.74, 6) is 0.0702. The summed E-state index contributed by atoms with van der Waals surface area (Å²) in [6.45, 7) is 5.28. The van der Waals surface area contributed by atoms with Crippen LogP contribution in [0.15, 0.2) is 48.5 Å². The summed E-state index contributed by atoms with van der Waals surface area (Å²) in [6, 6.07) is 15.9. The molecule has 0 aliphatic carbocycles. The third-order valence-corrected chi connectivity index (χ3v) is 4.41. The Morgan fingerprint density at radius 2 is 1.59 bits per heavy atom. The van der Waals surface area contributed by atoms with E-state index < -0.39 is 0 Å². The van der Waals surface area contributed by atoms with E-state index in [4.69, 9.17) is 11.6 Å². The molecule has 0 bridgehead atoms. The lowest BCUT2D eigenvalue weighted by Crippen LogP contribution is -2.46. The maximum absolute atomic E-state index is 11.6. The van der Waals surface area contributed by atoms with Gasteiger partial charge in [0.05, 0.1) is 10.7 Å². The van der Waals surface area contributed by atoms with E-state index >= 15 is 0 Å². The van der Waals surface area contributed by atoms with Gasteiger partial charge >= 0.3 is 0 Å². The Kier molecular flexibility index (Phi) is 4.34. The zero-order valence-electron chi connectivity index (χ0n) is 12.6. The van der Waals surface area contributed by atoms with Crippen molar-refractivity contribution in [1.82, 2.24) is 0 Å². The van der Waals surface area contributed by atoms with Gasteiger partial charge in [0.2, 0.25) is 0 Å². The number of piperazine rings is 1. The highest BCUT2D eigenvalue weighted by molar-refractivity contribution is 6.33. The van der Waals surface area contributed by atoms with Crippen molar-refractivity contribution in [2.75, 3.05) is 36.0 Å². The summed E-state index contributed by atoms with van der Waals surface area (Å²) < 4.78 is 0. The maximum atomic E-state index is 11.6. The molecule has 3 nitrogen and oxygen atoms in total. The Morgan fingerprint density at radius 1 is 0.955 bits per heavy atom. The van der Waals surface area contributed by atoms with Crippen LogP contribution in [0.1, 0.15) is 17.3 Å². The number of rotatable bonds is 3. The lowest BCUT2D eigenvalue weighted by molar-refractivity contribution is 0.101. The monoisotopic (exact) mass is 314 g/mol. The number of carbonyl (C=O) groups is 1. The van der Waals surface area contributed by atoms with Crippen molar-refractivity contribution in [3.63, 3.8) is 0 Å². The molecule has 0 atom stereocenters. The standard InChI is InChI=1S/C18H19ClN2O/c1-14(22)15-7-8-17(19)18(13-15)21-11-9-20(10-12-21)16-5-3-2-4-6-16/h2-8,13H,9-12H2,1H3. The molecule has 0 amide bonds. The summed E-state index contributed by atoms with van der Waals surface area (Å²) in [7, 11) is 0. The molecule has 0 radical (unpaired) electrons. The highest BCUT2D eigenvalue weighted by Crippen LogP contribution is 2.29. The summed E-state index contributed by atoms with van der Waals surface area (Å²) in [5.41, 5.74) is 2.93. The quantitative estimate of drug-likeness (QED) is 0.804. The van der Waals surface area contributed by atoms with E-state index in [0.29, 0.717) is 10.6 Å². The van der Waals surface area contributed by atoms with Crippen molar-refractivity contribution in [2.45, 2.75) is 6.92 Å². The van der Waals surface area contributed by atoms with Crippen LogP contribution in [0.25, 0.3) is 0 Å². The SMILES string of the molecule is CC(=O)c1ccc(Cl)c(N2CCN(c3ccccc3)CC2)c1. The van der Waals surface area contributed by atoms with Gasteiger partial charge in [-0.15, -0.1) is 0 Å². The smallest absolute Gasteiger partial charge is 0.159 e. The van der Waals surface area contributed by atoms with Crippen LogP contribution in [0, 0.1) is 0 Å². The van der Waals surface area contributed by atoms with Gasteiger partial charge in [-0.3, -0.25) is 4.79 Å². The molecule has 0 unspecified atom stereocenters. The third kappa shape index (κ3) is 3.09. The summed E-state index contributed by atoms with van der Waals surface area (Å²) in [5, 5.41) is 0.707. The van der Waals surface area contributed by atoms with E-state index in [-0.39, 0.29) is 5.78 Å². The Bertz CT molecular complexity index is 664. The fraction of sp³-hybridized carbons (Fsp3) is 0.278. The first-order valence-electron chi connectivity index (χ1n) is 7.50. The lowest BCUT2D eigenvalue weighted by atomic mass is 10.1. The minimum Gasteiger partial charge on any atom is -0.368 e. The second-order valence-electron chi connectivity index (χ2n) is 5.53. The zero-order valence-corrected chi connectivity index (χ0v) is 13.4. The average molecular weight is 315 g/mol. The van der Waals surface area contributed by atoms with Gasteiger partial charge in [0.15, 0.2) is 5.78 Å². The molecule has 1 heterocycles. The number of hydrogen-bond donors (Lipinski definition) is 0. The molecule has 0 saturated carbocycles. The number of carbonyl (C=O) groups excluding carboxylic acids is 1. The molecule has 114 valence electrons. The predicted molar refractivity (Wildman–Crippen MR) is 92.3 cm³/mol. The fourth-order valence-corrected chi connectivity index (χ4v) is 3.06. The molecule has 1 saturated heterocycles. The number of benzene rings is 2. The first-order valence-corrected chi connectivity index (χ1v) is 7.88. The third-order valence-electron chi connectivity index (χ3n) is 4.09. The molecule has 0 spiro atoms. The van der Waals surface area contributed by atoms with Crippen LogP contribution >= 0.6 is 11.6 Å². The molecular weight excluding hydrogens is 296 g/mol. The molecule has 2 aromatic carbocycles. The van der Waals surface area contributed by atoms with Crippen molar-refractivity contribution in [3.8, 4) is 0 Å². The molecule has 1 fully saturated rings. The Labute approximate surface area is 136 Å². The van der Waals surface area contributed by atoms with Crippen LogP contribution in [0.4, 0.5) is 11.4 Å². The van der Waals surface area contributed by atoms with Crippen LogP contribution in [0.3, 0.4) is 0 Å². The van der Waals surface area contributed by atoms with Crippen molar-refractivity contribution < 1.29 is 4.79 Å². The van der Waals surface area contributed by atoms with Gasteiger partial charge in [-0.25, -0.2) is 0 Å². The van der Waals surface area contributed by atoms with Gasteiger partial charge in [0.1, 0.15) is 0 Å². The summed E-state index contributed by atoms with van der Waals surface area (Å²) in [6.07, 6.45) is 0. The first kappa shape index (κ1) is 14.9. The number of halogens is 1. The van der Waals surface area contributed by atoms with E-state index in [1.807, 2.05) is 18.2 Å². The van der Waals surface area contributed by atoms with Gasteiger partial charge in [0.25, 0.3) is 0 Å². The first-order chi connectivity index (χ1) is 10.6. The highest BCUT2D eigenvalue weighted by Gasteiger charge is 2.19. The highest BCUT2D eigenvalue weighted by atomic mass is 35.5. The topological polar surface area (TPSA) is 23.6 Å². The minimum atomic E-state index is 0.0702. The largest absolute Gasteiger partial charge is 0.368 e. The second kappa shape index (κ2) is 6.41. The molecule has 1 aliphatic rings. The lowest BCUT2D eigenvalue weighted by Gasteiger charge is -2.37. The Hall–Kier alpha value is -2.00. The van der Waals surface area contributed by atoms with E-state index in [2.05, 4.69) is 34.1 Å². The summed E-state index contributed by atoms with van der Waals surface area (Å²) >= 11 is 6.32. The number of nitrogens with zero attached hydrogens (tertiary/aromatic N) is 2. The van der Waals surface area contributed by atoms with E-state index in [0.717, 1.165) is 31.9 Å². The minimum absolute atomic E-state index is 0.0702. The number of para-hydroxylation sites is 1.